The van der Waals surface area contributed by atoms with Gasteiger partial charge in [-0.15, -0.1) is 0 Å². The van der Waals surface area contributed by atoms with Gasteiger partial charge in [0.25, 0.3) is 0 Å². The topological polar surface area (TPSA) is 29.9 Å². The van der Waals surface area contributed by atoms with Gasteiger partial charge in [0.2, 0.25) is 0 Å². The van der Waals surface area contributed by atoms with Gasteiger partial charge in [0.1, 0.15) is 0 Å². The lowest BCUT2D eigenvalue weighted by molar-refractivity contribution is -0.139. The van der Waals surface area contributed by atoms with Gasteiger partial charge in [0.15, 0.2) is 0 Å². The van der Waals surface area contributed by atoms with E-state index in [1.807, 2.05) is 20.0 Å². The van der Waals surface area contributed by atoms with Crippen LogP contribution in [0.4, 0.5) is 13.2 Å². The van der Waals surface area contributed by atoms with E-state index in [9.17, 15) is 13.2 Å². The van der Waals surface area contributed by atoms with Gasteiger partial charge in [-0.05, 0) is 20.8 Å². The van der Waals surface area contributed by atoms with Crippen LogP contribution in [-0.4, -0.2) is 22.0 Å². The molecular formula is C11H18F3N3. The highest BCUT2D eigenvalue weighted by molar-refractivity contribution is 5.09. The summed E-state index contributed by atoms with van der Waals surface area (Å²) in [6, 6.07) is -0.734. The molecule has 1 aromatic heterocycles. The summed E-state index contributed by atoms with van der Waals surface area (Å²) >= 11 is 0. The molecule has 0 aliphatic rings. The summed E-state index contributed by atoms with van der Waals surface area (Å²) in [7, 11) is 0. The molecule has 17 heavy (non-hydrogen) atoms. The number of nitrogens with zero attached hydrogens (tertiary/aromatic N) is 2. The fourth-order valence-electron chi connectivity index (χ4n) is 1.71. The maximum absolute atomic E-state index is 12.2. The van der Waals surface area contributed by atoms with Crippen LogP contribution in [-0.2, 0) is 6.54 Å². The van der Waals surface area contributed by atoms with Crippen LogP contribution in [0.5, 0.6) is 0 Å². The van der Waals surface area contributed by atoms with Gasteiger partial charge in [-0.25, -0.2) is 0 Å². The van der Waals surface area contributed by atoms with E-state index >= 15 is 0 Å². The molecule has 0 aliphatic heterocycles. The summed E-state index contributed by atoms with van der Waals surface area (Å²) in [6.45, 7) is 6.09. The van der Waals surface area contributed by atoms with Crippen LogP contribution in [0.3, 0.4) is 0 Å². The minimum absolute atomic E-state index is 0.132. The third kappa shape index (κ3) is 4.77. The number of hydrogen-bond acceptors (Lipinski definition) is 2. The first-order valence-corrected chi connectivity index (χ1v) is 5.67. The van der Waals surface area contributed by atoms with Crippen LogP contribution >= 0.6 is 0 Å². The largest absolute Gasteiger partial charge is 0.390 e. The molecule has 0 saturated carbocycles. The minimum atomic E-state index is -4.13. The summed E-state index contributed by atoms with van der Waals surface area (Å²) in [4.78, 5) is 0. The molecular weight excluding hydrogens is 231 g/mol. The Morgan fingerprint density at radius 1 is 1.41 bits per heavy atom. The van der Waals surface area contributed by atoms with Crippen LogP contribution < -0.4 is 5.32 Å². The average Bonchev–Trinajstić information content (AvgIpc) is 2.62. The molecule has 0 spiro atoms. The van der Waals surface area contributed by atoms with Crippen LogP contribution in [0.2, 0.25) is 0 Å². The number of halogens is 3. The van der Waals surface area contributed by atoms with Crippen LogP contribution in [0.1, 0.15) is 38.8 Å². The third-order valence-electron chi connectivity index (χ3n) is 2.55. The summed E-state index contributed by atoms with van der Waals surface area (Å²) in [5.41, 5.74) is 0.904. The fraction of sp³-hybridized carbons (Fsp3) is 0.727. The van der Waals surface area contributed by atoms with Gasteiger partial charge in [0.05, 0.1) is 12.6 Å². The van der Waals surface area contributed by atoms with Gasteiger partial charge in [0, 0.05) is 30.4 Å². The van der Waals surface area contributed by atoms with E-state index in [4.69, 9.17) is 0 Å². The van der Waals surface area contributed by atoms with E-state index < -0.39 is 18.6 Å². The number of rotatable bonds is 5. The summed E-state index contributed by atoms with van der Waals surface area (Å²) in [5, 5.41) is 7.01. The maximum atomic E-state index is 12.2. The number of aromatic nitrogens is 2. The number of aryl methyl sites for hydroxylation is 1. The Balaban J connectivity index is 2.51. The highest BCUT2D eigenvalue weighted by Gasteiger charge is 2.30. The molecule has 3 nitrogen and oxygen atoms in total. The molecule has 1 aromatic rings. The smallest absolute Gasteiger partial charge is 0.307 e. The fourth-order valence-corrected chi connectivity index (χ4v) is 1.71. The predicted molar refractivity (Wildman–Crippen MR) is 59.6 cm³/mol. The first-order chi connectivity index (χ1) is 7.81. The number of hydrogen-bond donors (Lipinski definition) is 1. The van der Waals surface area contributed by atoms with Gasteiger partial charge in [-0.3, -0.25) is 4.68 Å². The maximum Gasteiger partial charge on any atom is 0.390 e. The first kappa shape index (κ1) is 14.0. The zero-order valence-electron chi connectivity index (χ0n) is 10.3. The van der Waals surface area contributed by atoms with Crippen molar-refractivity contribution in [2.24, 2.45) is 0 Å². The molecule has 1 rings (SSSR count). The first-order valence-electron chi connectivity index (χ1n) is 5.67. The zero-order chi connectivity index (χ0) is 13.1. The summed E-state index contributed by atoms with van der Waals surface area (Å²) in [5.74, 6) is 0. The van der Waals surface area contributed by atoms with E-state index in [-0.39, 0.29) is 6.04 Å². The Morgan fingerprint density at radius 3 is 2.53 bits per heavy atom. The summed E-state index contributed by atoms with van der Waals surface area (Å²) in [6.07, 6.45) is -1.42. The molecule has 2 unspecified atom stereocenters. The van der Waals surface area contributed by atoms with E-state index in [1.165, 1.54) is 6.92 Å². The lowest BCUT2D eigenvalue weighted by Crippen LogP contribution is -2.33. The van der Waals surface area contributed by atoms with Gasteiger partial charge in [-0.1, -0.05) is 0 Å². The van der Waals surface area contributed by atoms with Crippen LogP contribution in [0, 0.1) is 0 Å². The van der Waals surface area contributed by atoms with Crippen molar-refractivity contribution in [1.82, 2.24) is 15.1 Å². The molecule has 0 fully saturated rings. The van der Waals surface area contributed by atoms with Gasteiger partial charge < -0.3 is 5.32 Å². The molecule has 0 radical (unpaired) electrons. The van der Waals surface area contributed by atoms with E-state index in [0.29, 0.717) is 0 Å². The standard InChI is InChI=1S/C11H18F3N3/c1-4-17-7-10(6-15-17)9(3)16-8(2)5-11(12,13)14/h6-9,16H,4-5H2,1-3H3. The Morgan fingerprint density at radius 2 is 2.06 bits per heavy atom. The van der Waals surface area contributed by atoms with Crippen molar-refractivity contribution >= 4 is 0 Å². The molecule has 98 valence electrons. The van der Waals surface area contributed by atoms with Crippen molar-refractivity contribution < 1.29 is 13.2 Å². The van der Waals surface area contributed by atoms with Crippen molar-refractivity contribution in [3.8, 4) is 0 Å². The highest BCUT2D eigenvalue weighted by Crippen LogP contribution is 2.22. The molecule has 0 aromatic carbocycles. The Hall–Kier alpha value is -1.04. The SMILES string of the molecule is CCn1cc(C(C)NC(C)CC(F)(F)F)cn1. The molecule has 0 amide bonds. The van der Waals surface area contributed by atoms with Gasteiger partial charge >= 0.3 is 6.18 Å². The molecule has 0 bridgehead atoms. The second kappa shape index (κ2) is 5.53. The average molecular weight is 249 g/mol. The molecule has 0 aliphatic carbocycles. The second-order valence-corrected chi connectivity index (χ2v) is 4.24. The molecule has 1 heterocycles. The second-order valence-electron chi connectivity index (χ2n) is 4.24. The van der Waals surface area contributed by atoms with Crippen molar-refractivity contribution in [2.75, 3.05) is 0 Å². The van der Waals surface area contributed by atoms with Gasteiger partial charge in [-0.2, -0.15) is 18.3 Å². The Bertz CT molecular complexity index is 346. The minimum Gasteiger partial charge on any atom is -0.307 e. The van der Waals surface area contributed by atoms with E-state index in [1.54, 1.807) is 10.9 Å². The van der Waals surface area contributed by atoms with Crippen LogP contribution in [0.25, 0.3) is 0 Å². The lowest BCUT2D eigenvalue weighted by atomic mass is 10.1. The normalized spacial score (nSPS) is 15.9. The Labute approximate surface area is 99.0 Å². The third-order valence-corrected chi connectivity index (χ3v) is 2.55. The van der Waals surface area contributed by atoms with Crippen molar-refractivity contribution in [1.29, 1.82) is 0 Å². The van der Waals surface area contributed by atoms with Crippen molar-refractivity contribution in [3.05, 3.63) is 18.0 Å². The quantitative estimate of drug-likeness (QED) is 0.869. The van der Waals surface area contributed by atoms with Crippen LogP contribution in [0.15, 0.2) is 12.4 Å². The molecule has 6 heteroatoms. The predicted octanol–water partition coefficient (Wildman–Crippen LogP) is 2.89. The lowest BCUT2D eigenvalue weighted by Gasteiger charge is -2.20. The zero-order valence-corrected chi connectivity index (χ0v) is 10.3. The molecule has 0 saturated heterocycles. The van der Waals surface area contributed by atoms with Crippen molar-refractivity contribution in [2.45, 2.75) is 52.0 Å². The summed E-state index contributed by atoms with van der Waals surface area (Å²) < 4.78 is 38.2. The van der Waals surface area contributed by atoms with E-state index in [0.717, 1.165) is 12.1 Å². The number of nitrogens with one attached hydrogen (secondary N) is 1. The van der Waals surface area contributed by atoms with E-state index in [2.05, 4.69) is 10.4 Å². The highest BCUT2D eigenvalue weighted by atomic mass is 19.4. The molecule has 1 N–H and O–H groups in total. The molecule has 2 atom stereocenters. The monoisotopic (exact) mass is 249 g/mol. The number of alkyl halides is 3. The Kier molecular flexibility index (Phi) is 4.56. The van der Waals surface area contributed by atoms with Crippen molar-refractivity contribution in [3.63, 3.8) is 0 Å².